The second-order valence-electron chi connectivity index (χ2n) is 2.75. The Morgan fingerprint density at radius 1 is 1.56 bits per heavy atom. The van der Waals surface area contributed by atoms with E-state index in [1.165, 1.54) is 6.42 Å². The maximum atomic E-state index is 5.10. The first-order valence-electron chi connectivity index (χ1n) is 3.27. The van der Waals surface area contributed by atoms with Gasteiger partial charge in [0.25, 0.3) is 0 Å². The van der Waals surface area contributed by atoms with E-state index in [0.717, 1.165) is 19.8 Å². The lowest BCUT2D eigenvalue weighted by Crippen LogP contribution is -2.70. The lowest BCUT2D eigenvalue weighted by Gasteiger charge is -2.55. The number of hydroxylamine groups is 2. The quantitative estimate of drug-likeness (QED) is 0.498. The Bertz CT molecular complexity index is 115. The highest BCUT2D eigenvalue weighted by Gasteiger charge is 2.51. The molecule has 3 heteroatoms. The normalized spacial score (nSPS) is 31.7. The van der Waals surface area contributed by atoms with Gasteiger partial charge in [-0.3, -0.25) is 0 Å². The van der Waals surface area contributed by atoms with Crippen LogP contribution in [0.4, 0.5) is 0 Å². The Hall–Kier alpha value is -0.120. The molecule has 0 aromatic carbocycles. The van der Waals surface area contributed by atoms with Crippen LogP contribution >= 0.6 is 0 Å². The highest BCUT2D eigenvalue weighted by Crippen LogP contribution is 2.36. The minimum atomic E-state index is 0.300. The van der Waals surface area contributed by atoms with Gasteiger partial charge in [-0.05, 0) is 6.42 Å². The zero-order valence-electron chi connectivity index (χ0n) is 5.59. The molecule has 0 amide bonds. The van der Waals surface area contributed by atoms with Crippen molar-refractivity contribution in [1.29, 1.82) is 0 Å². The Labute approximate surface area is 54.5 Å². The smallest absolute Gasteiger partial charge is 0.0940 e. The van der Waals surface area contributed by atoms with E-state index in [-0.39, 0.29) is 0 Å². The topological polar surface area (TPSA) is 21.7 Å². The molecule has 0 radical (unpaired) electrons. The van der Waals surface area contributed by atoms with E-state index in [9.17, 15) is 0 Å². The molecule has 0 unspecified atom stereocenters. The first kappa shape index (κ1) is 5.65. The molecule has 0 atom stereocenters. The van der Waals surface area contributed by atoms with Gasteiger partial charge in [0.2, 0.25) is 0 Å². The molecule has 2 fully saturated rings. The summed E-state index contributed by atoms with van der Waals surface area (Å²) in [6.45, 7) is 2.79. The van der Waals surface area contributed by atoms with Crippen LogP contribution in [0.1, 0.15) is 6.42 Å². The fourth-order valence-corrected chi connectivity index (χ4v) is 1.43. The number of hydrogen-bond donors (Lipinski definition) is 0. The summed E-state index contributed by atoms with van der Waals surface area (Å²) < 4.78 is 5.09. The number of ether oxygens (including phenoxy) is 1. The van der Waals surface area contributed by atoms with E-state index in [4.69, 9.17) is 9.57 Å². The zero-order valence-corrected chi connectivity index (χ0v) is 5.59. The van der Waals surface area contributed by atoms with Gasteiger partial charge in [0.05, 0.1) is 25.9 Å². The molecule has 2 aliphatic heterocycles. The third-order valence-corrected chi connectivity index (χ3v) is 2.27. The number of nitrogens with zero attached hydrogens (tertiary/aromatic N) is 1. The lowest BCUT2D eigenvalue weighted by molar-refractivity contribution is -0.325. The van der Waals surface area contributed by atoms with Crippen LogP contribution < -0.4 is 0 Å². The second-order valence-corrected chi connectivity index (χ2v) is 2.75. The van der Waals surface area contributed by atoms with E-state index in [0.29, 0.717) is 5.54 Å². The standard InChI is InChI=1S/C6H11NO2/c1-8-7-3-2-6(7)4-9-5-6/h2-5H2,1H3. The maximum Gasteiger partial charge on any atom is 0.0940 e. The fourth-order valence-electron chi connectivity index (χ4n) is 1.43. The monoisotopic (exact) mass is 129 g/mol. The summed E-state index contributed by atoms with van der Waals surface area (Å²) in [5, 5.41) is 2.01. The van der Waals surface area contributed by atoms with Gasteiger partial charge in [-0.15, -0.1) is 0 Å². The molecule has 0 saturated carbocycles. The number of hydrogen-bond acceptors (Lipinski definition) is 3. The first-order chi connectivity index (χ1) is 4.37. The van der Waals surface area contributed by atoms with Crippen molar-refractivity contribution in [2.24, 2.45) is 0 Å². The van der Waals surface area contributed by atoms with E-state index < -0.39 is 0 Å². The average Bonchev–Trinajstić information content (AvgIpc) is 1.59. The Morgan fingerprint density at radius 2 is 2.33 bits per heavy atom. The predicted octanol–water partition coefficient (Wildman–Crippen LogP) is 0.0225. The van der Waals surface area contributed by atoms with Gasteiger partial charge in [0.1, 0.15) is 0 Å². The lowest BCUT2D eigenvalue weighted by atomic mass is 9.85. The molecule has 0 aromatic heterocycles. The molecule has 0 N–H and O–H groups in total. The summed E-state index contributed by atoms with van der Waals surface area (Å²) in [7, 11) is 1.72. The maximum absolute atomic E-state index is 5.10. The van der Waals surface area contributed by atoms with Crippen LogP contribution in [0, 0.1) is 0 Å². The van der Waals surface area contributed by atoms with Gasteiger partial charge in [-0.2, -0.15) is 5.06 Å². The summed E-state index contributed by atoms with van der Waals surface area (Å²) in [5.74, 6) is 0. The molecule has 2 heterocycles. The van der Waals surface area contributed by atoms with Gasteiger partial charge >= 0.3 is 0 Å². The van der Waals surface area contributed by atoms with Crippen molar-refractivity contribution in [3.63, 3.8) is 0 Å². The SMILES string of the molecule is CON1CCC12COC2. The Kier molecular flexibility index (Phi) is 1.06. The van der Waals surface area contributed by atoms with Crippen molar-refractivity contribution in [3.05, 3.63) is 0 Å². The molecule has 2 aliphatic rings. The average molecular weight is 129 g/mol. The third kappa shape index (κ3) is 0.569. The van der Waals surface area contributed by atoms with Gasteiger partial charge in [-0.1, -0.05) is 0 Å². The van der Waals surface area contributed by atoms with Crippen LogP contribution in [0.25, 0.3) is 0 Å². The van der Waals surface area contributed by atoms with Gasteiger partial charge in [0, 0.05) is 6.54 Å². The summed E-state index contributed by atoms with van der Waals surface area (Å²) in [5.41, 5.74) is 0.300. The van der Waals surface area contributed by atoms with Crippen LogP contribution in [0.3, 0.4) is 0 Å². The van der Waals surface area contributed by atoms with Gasteiger partial charge < -0.3 is 9.57 Å². The van der Waals surface area contributed by atoms with Crippen molar-refractivity contribution in [3.8, 4) is 0 Å². The molecular weight excluding hydrogens is 118 g/mol. The summed E-state index contributed by atoms with van der Waals surface area (Å²) in [6, 6.07) is 0. The fraction of sp³-hybridized carbons (Fsp3) is 1.00. The van der Waals surface area contributed by atoms with Gasteiger partial charge in [0.15, 0.2) is 0 Å². The largest absolute Gasteiger partial charge is 0.377 e. The summed E-state index contributed by atoms with van der Waals surface area (Å²) >= 11 is 0. The minimum absolute atomic E-state index is 0.300. The van der Waals surface area contributed by atoms with Crippen molar-refractivity contribution >= 4 is 0 Å². The molecule has 9 heavy (non-hydrogen) atoms. The Morgan fingerprint density at radius 3 is 2.44 bits per heavy atom. The van der Waals surface area contributed by atoms with Crippen molar-refractivity contribution in [2.75, 3.05) is 26.9 Å². The van der Waals surface area contributed by atoms with Crippen LogP contribution in [0.2, 0.25) is 0 Å². The molecule has 1 spiro atoms. The van der Waals surface area contributed by atoms with E-state index in [1.807, 2.05) is 5.06 Å². The predicted molar refractivity (Wildman–Crippen MR) is 31.9 cm³/mol. The van der Waals surface area contributed by atoms with Crippen molar-refractivity contribution in [1.82, 2.24) is 5.06 Å². The highest BCUT2D eigenvalue weighted by atomic mass is 16.7. The van der Waals surface area contributed by atoms with Crippen LogP contribution in [-0.2, 0) is 9.57 Å². The van der Waals surface area contributed by atoms with E-state index in [2.05, 4.69) is 0 Å². The molecule has 2 saturated heterocycles. The second kappa shape index (κ2) is 1.68. The van der Waals surface area contributed by atoms with Crippen LogP contribution in [-0.4, -0.2) is 37.5 Å². The highest BCUT2D eigenvalue weighted by molar-refractivity contribution is 5.01. The van der Waals surface area contributed by atoms with Crippen molar-refractivity contribution in [2.45, 2.75) is 12.0 Å². The first-order valence-corrected chi connectivity index (χ1v) is 3.27. The minimum Gasteiger partial charge on any atom is -0.377 e. The van der Waals surface area contributed by atoms with Gasteiger partial charge in [-0.25, -0.2) is 0 Å². The van der Waals surface area contributed by atoms with E-state index in [1.54, 1.807) is 7.11 Å². The molecule has 0 aromatic rings. The zero-order chi connectivity index (χ0) is 6.32. The molecule has 0 aliphatic carbocycles. The third-order valence-electron chi connectivity index (χ3n) is 2.27. The van der Waals surface area contributed by atoms with Crippen LogP contribution in [0.5, 0.6) is 0 Å². The molecule has 0 bridgehead atoms. The molecular formula is C6H11NO2. The number of rotatable bonds is 1. The van der Waals surface area contributed by atoms with E-state index >= 15 is 0 Å². The summed E-state index contributed by atoms with van der Waals surface area (Å²) in [4.78, 5) is 5.10. The molecule has 2 rings (SSSR count). The Balaban J connectivity index is 1.97. The molecule has 3 nitrogen and oxygen atoms in total. The molecule has 52 valence electrons. The van der Waals surface area contributed by atoms with Crippen molar-refractivity contribution < 1.29 is 9.57 Å². The van der Waals surface area contributed by atoms with Crippen LogP contribution in [0.15, 0.2) is 0 Å². The summed E-state index contributed by atoms with van der Waals surface area (Å²) in [6.07, 6.45) is 1.24.